The quantitative estimate of drug-likeness (QED) is 0.745. The number of aromatic hydroxyl groups is 1. The van der Waals surface area contributed by atoms with Crippen molar-refractivity contribution in [1.29, 1.82) is 0 Å². The van der Waals surface area contributed by atoms with Crippen LogP contribution in [-0.2, 0) is 0 Å². The van der Waals surface area contributed by atoms with E-state index in [0.717, 1.165) is 0 Å². The third-order valence-electron chi connectivity index (χ3n) is 1.65. The van der Waals surface area contributed by atoms with Crippen LogP contribution in [0, 0.1) is 0 Å². The smallest absolute Gasteiger partial charge is 0.163 e. The number of Topliss-reactive ketones (excluding diaryl/α,β-unsaturated/α-hetero) is 1. The number of carbonyl (C=O) groups excluding carboxylic acids is 1. The number of phenols is 1. The fourth-order valence-corrected chi connectivity index (χ4v) is 1.15. The van der Waals surface area contributed by atoms with Gasteiger partial charge in [-0.3, -0.25) is 4.79 Å². The molecule has 3 nitrogen and oxygen atoms in total. The summed E-state index contributed by atoms with van der Waals surface area (Å²) >= 11 is 5.63. The van der Waals surface area contributed by atoms with Crippen LogP contribution < -0.4 is 4.74 Å². The van der Waals surface area contributed by atoms with Crippen molar-refractivity contribution in [2.45, 2.75) is 6.92 Å². The molecular weight excluding hydrogens is 192 g/mol. The molecule has 1 aromatic carbocycles. The first-order chi connectivity index (χ1) is 6.06. The molecule has 0 fully saturated rings. The summed E-state index contributed by atoms with van der Waals surface area (Å²) in [6.07, 6.45) is 0. The van der Waals surface area contributed by atoms with E-state index in [9.17, 15) is 9.90 Å². The largest absolute Gasteiger partial charge is 0.506 e. The van der Waals surface area contributed by atoms with Crippen LogP contribution in [0.1, 0.15) is 17.3 Å². The van der Waals surface area contributed by atoms with E-state index < -0.39 is 0 Å². The molecule has 0 heterocycles. The number of rotatable bonds is 2. The summed E-state index contributed by atoms with van der Waals surface area (Å²) < 4.78 is 4.90. The summed E-state index contributed by atoms with van der Waals surface area (Å²) in [6, 6.07) is 2.71. The lowest BCUT2D eigenvalue weighted by Gasteiger charge is -2.06. The molecule has 0 spiro atoms. The monoisotopic (exact) mass is 200 g/mol. The Morgan fingerprint density at radius 3 is 2.62 bits per heavy atom. The number of hydrogen-bond donors (Lipinski definition) is 1. The van der Waals surface area contributed by atoms with E-state index in [1.807, 2.05) is 0 Å². The zero-order chi connectivity index (χ0) is 10.0. The first-order valence-electron chi connectivity index (χ1n) is 3.63. The summed E-state index contributed by atoms with van der Waals surface area (Å²) in [6.45, 7) is 1.41. The topological polar surface area (TPSA) is 46.5 Å². The highest BCUT2D eigenvalue weighted by Gasteiger charge is 2.11. The van der Waals surface area contributed by atoms with Crippen LogP contribution in [0.5, 0.6) is 11.5 Å². The summed E-state index contributed by atoms with van der Waals surface area (Å²) in [5.41, 5.74) is 0.366. The maximum Gasteiger partial charge on any atom is 0.163 e. The molecule has 0 aliphatic heterocycles. The van der Waals surface area contributed by atoms with E-state index in [0.29, 0.717) is 11.3 Å². The van der Waals surface area contributed by atoms with Crippen molar-refractivity contribution in [2.24, 2.45) is 0 Å². The highest BCUT2D eigenvalue weighted by molar-refractivity contribution is 6.32. The van der Waals surface area contributed by atoms with Gasteiger partial charge in [-0.15, -0.1) is 0 Å². The first-order valence-corrected chi connectivity index (χ1v) is 4.01. The number of carbonyl (C=O) groups is 1. The van der Waals surface area contributed by atoms with Crippen LogP contribution in [0.2, 0.25) is 5.02 Å². The molecule has 0 amide bonds. The molecule has 70 valence electrons. The Balaban J connectivity index is 3.33. The standard InChI is InChI=1S/C9H9ClO3/c1-5(11)6-3-7(10)8(12)4-9(6)13-2/h3-4,12H,1-2H3. The zero-order valence-corrected chi connectivity index (χ0v) is 8.05. The van der Waals surface area contributed by atoms with E-state index in [1.165, 1.54) is 26.2 Å². The van der Waals surface area contributed by atoms with E-state index in [-0.39, 0.29) is 16.6 Å². The number of methoxy groups -OCH3 is 1. The summed E-state index contributed by atoms with van der Waals surface area (Å²) in [7, 11) is 1.43. The van der Waals surface area contributed by atoms with Gasteiger partial charge in [-0.1, -0.05) is 11.6 Å². The second-order valence-electron chi connectivity index (χ2n) is 2.56. The molecule has 1 N–H and O–H groups in total. The number of hydrogen-bond acceptors (Lipinski definition) is 3. The first kappa shape index (κ1) is 9.86. The van der Waals surface area contributed by atoms with Gasteiger partial charge in [0.15, 0.2) is 5.78 Å². The second kappa shape index (κ2) is 3.66. The molecular formula is C9H9ClO3. The number of phenolic OH excluding ortho intramolecular Hbond substituents is 1. The van der Waals surface area contributed by atoms with Crippen LogP contribution in [0.4, 0.5) is 0 Å². The molecule has 0 aliphatic carbocycles. The van der Waals surface area contributed by atoms with E-state index >= 15 is 0 Å². The molecule has 0 atom stereocenters. The van der Waals surface area contributed by atoms with Crippen molar-refractivity contribution in [2.75, 3.05) is 7.11 Å². The fourth-order valence-electron chi connectivity index (χ4n) is 0.987. The van der Waals surface area contributed by atoms with Gasteiger partial charge in [0.05, 0.1) is 17.7 Å². The summed E-state index contributed by atoms with van der Waals surface area (Å²) in [4.78, 5) is 11.1. The van der Waals surface area contributed by atoms with Crippen LogP contribution in [-0.4, -0.2) is 18.0 Å². The molecule has 0 saturated carbocycles. The van der Waals surface area contributed by atoms with Crippen molar-refractivity contribution in [3.8, 4) is 11.5 Å². The number of ketones is 1. The molecule has 0 aliphatic rings. The third kappa shape index (κ3) is 1.92. The van der Waals surface area contributed by atoms with Gasteiger partial charge in [-0.2, -0.15) is 0 Å². The zero-order valence-electron chi connectivity index (χ0n) is 7.30. The van der Waals surface area contributed by atoms with E-state index in [1.54, 1.807) is 0 Å². The van der Waals surface area contributed by atoms with E-state index in [2.05, 4.69) is 0 Å². The summed E-state index contributed by atoms with van der Waals surface area (Å²) in [5, 5.41) is 9.36. The molecule has 0 unspecified atom stereocenters. The minimum atomic E-state index is -0.154. The Labute approximate surface area is 80.9 Å². The number of ether oxygens (including phenoxy) is 1. The molecule has 0 radical (unpaired) electrons. The van der Waals surface area contributed by atoms with Crippen molar-refractivity contribution in [3.63, 3.8) is 0 Å². The van der Waals surface area contributed by atoms with Gasteiger partial charge < -0.3 is 9.84 Å². The average molecular weight is 201 g/mol. The normalized spacial score (nSPS) is 9.77. The maximum atomic E-state index is 11.1. The molecule has 0 saturated heterocycles. The van der Waals surface area contributed by atoms with Crippen molar-refractivity contribution >= 4 is 17.4 Å². The molecule has 4 heteroatoms. The Kier molecular flexibility index (Phi) is 2.78. The van der Waals surface area contributed by atoms with Crippen LogP contribution in [0.25, 0.3) is 0 Å². The molecule has 0 aromatic heterocycles. The van der Waals surface area contributed by atoms with Crippen LogP contribution in [0.15, 0.2) is 12.1 Å². The Hall–Kier alpha value is -1.22. The van der Waals surface area contributed by atoms with Gasteiger partial charge in [-0.05, 0) is 13.0 Å². The van der Waals surface area contributed by atoms with Gasteiger partial charge in [0.25, 0.3) is 0 Å². The van der Waals surface area contributed by atoms with Crippen LogP contribution >= 0.6 is 11.6 Å². The maximum absolute atomic E-state index is 11.1. The fraction of sp³-hybridized carbons (Fsp3) is 0.222. The SMILES string of the molecule is COc1cc(O)c(Cl)cc1C(C)=O. The Morgan fingerprint density at radius 2 is 2.15 bits per heavy atom. The predicted molar refractivity (Wildman–Crippen MR) is 49.7 cm³/mol. The minimum absolute atomic E-state index is 0.0940. The predicted octanol–water partition coefficient (Wildman–Crippen LogP) is 2.26. The van der Waals surface area contributed by atoms with Crippen molar-refractivity contribution in [3.05, 3.63) is 22.7 Å². The lowest BCUT2D eigenvalue weighted by molar-refractivity contribution is 0.101. The van der Waals surface area contributed by atoms with Gasteiger partial charge in [0, 0.05) is 6.07 Å². The minimum Gasteiger partial charge on any atom is -0.506 e. The Morgan fingerprint density at radius 1 is 1.54 bits per heavy atom. The molecule has 1 rings (SSSR count). The van der Waals surface area contributed by atoms with E-state index in [4.69, 9.17) is 16.3 Å². The van der Waals surface area contributed by atoms with Crippen molar-refractivity contribution < 1.29 is 14.6 Å². The Bertz CT molecular complexity index is 347. The average Bonchev–Trinajstić information content (AvgIpc) is 2.08. The van der Waals surface area contributed by atoms with Crippen LogP contribution in [0.3, 0.4) is 0 Å². The molecule has 13 heavy (non-hydrogen) atoms. The van der Waals surface area contributed by atoms with Gasteiger partial charge in [-0.25, -0.2) is 0 Å². The number of halogens is 1. The lowest BCUT2D eigenvalue weighted by atomic mass is 10.1. The van der Waals surface area contributed by atoms with Gasteiger partial charge in [0.2, 0.25) is 0 Å². The molecule has 0 bridgehead atoms. The highest BCUT2D eigenvalue weighted by atomic mass is 35.5. The third-order valence-corrected chi connectivity index (χ3v) is 1.95. The van der Waals surface area contributed by atoms with Crippen molar-refractivity contribution in [1.82, 2.24) is 0 Å². The van der Waals surface area contributed by atoms with Gasteiger partial charge >= 0.3 is 0 Å². The van der Waals surface area contributed by atoms with Gasteiger partial charge in [0.1, 0.15) is 11.5 Å². The number of benzene rings is 1. The highest BCUT2D eigenvalue weighted by Crippen LogP contribution is 2.31. The second-order valence-corrected chi connectivity index (χ2v) is 2.97. The summed E-state index contributed by atoms with van der Waals surface area (Å²) in [5.74, 6) is 0.0802. The lowest BCUT2D eigenvalue weighted by Crippen LogP contribution is -1.97. The molecule has 1 aromatic rings.